The highest BCUT2D eigenvalue weighted by Gasteiger charge is 2.20. The van der Waals surface area contributed by atoms with Gasteiger partial charge in [0.1, 0.15) is 5.75 Å². The van der Waals surface area contributed by atoms with Gasteiger partial charge >= 0.3 is 0 Å². The zero-order valence-corrected chi connectivity index (χ0v) is 17.3. The minimum atomic E-state index is -3.26. The largest absolute Gasteiger partial charge is 0.493 e. The number of sulfone groups is 1. The standard InChI is InChI=1S/C21H27NO4S/c1-15(2)22(18-9-11-19(12-10-18)27(5,24)25)20(23)13-14-26-21-16(3)7-6-8-17(21)4/h6-12,15H,13-14H2,1-5H3. The van der Waals surface area contributed by atoms with E-state index in [-0.39, 0.29) is 29.9 Å². The van der Waals surface area contributed by atoms with Crippen molar-refractivity contribution in [3.8, 4) is 5.75 Å². The van der Waals surface area contributed by atoms with Gasteiger partial charge in [0.2, 0.25) is 5.91 Å². The van der Waals surface area contributed by atoms with Gasteiger partial charge < -0.3 is 9.64 Å². The Morgan fingerprint density at radius 1 is 1.04 bits per heavy atom. The second-order valence-corrected chi connectivity index (χ2v) is 8.96. The predicted octanol–water partition coefficient (Wildman–Crippen LogP) is 3.92. The van der Waals surface area contributed by atoms with Gasteiger partial charge in [-0.3, -0.25) is 4.79 Å². The molecule has 0 heterocycles. The minimum absolute atomic E-state index is 0.0539. The van der Waals surface area contributed by atoms with Crippen molar-refractivity contribution in [2.45, 2.75) is 45.1 Å². The first kappa shape index (κ1) is 21.0. The van der Waals surface area contributed by atoms with Crippen LogP contribution in [0.3, 0.4) is 0 Å². The summed E-state index contributed by atoms with van der Waals surface area (Å²) in [5.41, 5.74) is 2.76. The zero-order chi connectivity index (χ0) is 20.2. The molecule has 0 bridgehead atoms. The molecule has 27 heavy (non-hydrogen) atoms. The lowest BCUT2D eigenvalue weighted by atomic mass is 10.1. The van der Waals surface area contributed by atoms with Crippen molar-refractivity contribution in [1.82, 2.24) is 0 Å². The normalized spacial score (nSPS) is 11.5. The van der Waals surface area contributed by atoms with E-state index in [0.717, 1.165) is 23.1 Å². The van der Waals surface area contributed by atoms with E-state index in [4.69, 9.17) is 4.74 Å². The fraction of sp³-hybridized carbons (Fsp3) is 0.381. The molecule has 0 N–H and O–H groups in total. The van der Waals surface area contributed by atoms with Crippen LogP contribution in [0.5, 0.6) is 5.75 Å². The first-order valence-corrected chi connectivity index (χ1v) is 10.8. The molecule has 6 heteroatoms. The number of benzene rings is 2. The van der Waals surface area contributed by atoms with E-state index in [0.29, 0.717) is 5.69 Å². The molecule has 0 saturated heterocycles. The van der Waals surface area contributed by atoms with Crippen LogP contribution in [0.25, 0.3) is 0 Å². The van der Waals surface area contributed by atoms with Crippen LogP contribution in [0.4, 0.5) is 5.69 Å². The summed E-state index contributed by atoms with van der Waals surface area (Å²) in [6, 6.07) is 12.3. The number of carbonyl (C=O) groups excluding carboxylic acids is 1. The van der Waals surface area contributed by atoms with Crippen LogP contribution in [-0.2, 0) is 14.6 Å². The third kappa shape index (κ3) is 5.32. The van der Waals surface area contributed by atoms with Crippen molar-refractivity contribution in [2.24, 2.45) is 0 Å². The molecule has 0 fully saturated rings. The van der Waals surface area contributed by atoms with Crippen molar-refractivity contribution < 1.29 is 17.9 Å². The smallest absolute Gasteiger partial charge is 0.230 e. The van der Waals surface area contributed by atoms with Gasteiger partial charge in [-0.1, -0.05) is 18.2 Å². The zero-order valence-electron chi connectivity index (χ0n) is 16.5. The lowest BCUT2D eigenvalue weighted by Gasteiger charge is -2.27. The number of hydrogen-bond donors (Lipinski definition) is 0. The Kier molecular flexibility index (Phi) is 6.65. The summed E-state index contributed by atoms with van der Waals surface area (Å²) in [5.74, 6) is 0.752. The number of amides is 1. The molecule has 0 saturated carbocycles. The number of hydrogen-bond acceptors (Lipinski definition) is 4. The summed E-state index contributed by atoms with van der Waals surface area (Å²) < 4.78 is 29.1. The van der Waals surface area contributed by atoms with E-state index in [1.165, 1.54) is 12.1 Å². The van der Waals surface area contributed by atoms with Crippen LogP contribution in [0.1, 0.15) is 31.4 Å². The van der Waals surface area contributed by atoms with Crippen molar-refractivity contribution in [3.63, 3.8) is 0 Å². The maximum Gasteiger partial charge on any atom is 0.230 e. The van der Waals surface area contributed by atoms with Crippen LogP contribution < -0.4 is 9.64 Å². The van der Waals surface area contributed by atoms with E-state index in [9.17, 15) is 13.2 Å². The molecular weight excluding hydrogens is 362 g/mol. The molecule has 0 unspecified atom stereocenters. The molecule has 0 aliphatic heterocycles. The highest BCUT2D eigenvalue weighted by molar-refractivity contribution is 7.90. The third-order valence-corrected chi connectivity index (χ3v) is 5.43. The predicted molar refractivity (Wildman–Crippen MR) is 108 cm³/mol. The molecule has 2 aromatic rings. The number of para-hydroxylation sites is 1. The third-order valence-electron chi connectivity index (χ3n) is 4.30. The monoisotopic (exact) mass is 389 g/mol. The second-order valence-electron chi connectivity index (χ2n) is 6.94. The van der Waals surface area contributed by atoms with Crippen LogP contribution in [0.2, 0.25) is 0 Å². The minimum Gasteiger partial charge on any atom is -0.493 e. The lowest BCUT2D eigenvalue weighted by Crippen LogP contribution is -2.37. The quantitative estimate of drug-likeness (QED) is 0.720. The van der Waals surface area contributed by atoms with Crippen molar-refractivity contribution in [2.75, 3.05) is 17.8 Å². The molecule has 5 nitrogen and oxygen atoms in total. The van der Waals surface area contributed by atoms with Crippen LogP contribution in [0.15, 0.2) is 47.4 Å². The lowest BCUT2D eigenvalue weighted by molar-refractivity contribution is -0.119. The summed E-state index contributed by atoms with van der Waals surface area (Å²) in [7, 11) is -3.26. The molecule has 0 aliphatic carbocycles. The average molecular weight is 390 g/mol. The molecule has 0 aliphatic rings. The van der Waals surface area contributed by atoms with E-state index in [2.05, 4.69) is 0 Å². The van der Waals surface area contributed by atoms with Gasteiger partial charge in [-0.2, -0.15) is 0 Å². The fourth-order valence-corrected chi connectivity index (χ4v) is 3.60. The van der Waals surface area contributed by atoms with Crippen LogP contribution in [-0.4, -0.2) is 33.2 Å². The summed E-state index contributed by atoms with van der Waals surface area (Å²) in [4.78, 5) is 14.7. The van der Waals surface area contributed by atoms with Crippen molar-refractivity contribution in [3.05, 3.63) is 53.6 Å². The van der Waals surface area contributed by atoms with E-state index < -0.39 is 9.84 Å². The second kappa shape index (κ2) is 8.57. The maximum absolute atomic E-state index is 12.8. The van der Waals surface area contributed by atoms with Crippen molar-refractivity contribution >= 4 is 21.4 Å². The SMILES string of the molecule is Cc1cccc(C)c1OCCC(=O)N(c1ccc(S(C)(=O)=O)cc1)C(C)C. The van der Waals surface area contributed by atoms with Gasteiger partial charge in [-0.15, -0.1) is 0 Å². The van der Waals surface area contributed by atoms with Gasteiger partial charge in [0.15, 0.2) is 9.84 Å². The first-order chi connectivity index (χ1) is 12.6. The number of ether oxygens (including phenoxy) is 1. The Bertz CT molecular complexity index is 882. The fourth-order valence-electron chi connectivity index (χ4n) is 2.97. The van der Waals surface area contributed by atoms with Gasteiger partial charge in [0.25, 0.3) is 0 Å². The number of anilines is 1. The number of nitrogens with zero attached hydrogens (tertiary/aromatic N) is 1. The van der Waals surface area contributed by atoms with E-state index >= 15 is 0 Å². The molecule has 0 spiro atoms. The highest BCUT2D eigenvalue weighted by atomic mass is 32.2. The maximum atomic E-state index is 12.8. The van der Waals surface area contributed by atoms with Gasteiger partial charge in [-0.05, 0) is 63.1 Å². The van der Waals surface area contributed by atoms with Gasteiger partial charge in [0, 0.05) is 18.0 Å². The Morgan fingerprint density at radius 3 is 2.07 bits per heavy atom. The van der Waals surface area contributed by atoms with Crippen molar-refractivity contribution in [1.29, 1.82) is 0 Å². The summed E-state index contributed by atoms with van der Waals surface area (Å²) >= 11 is 0. The molecule has 2 rings (SSSR count). The van der Waals surface area contributed by atoms with Gasteiger partial charge in [0.05, 0.1) is 17.9 Å². The summed E-state index contributed by atoms with van der Waals surface area (Å²) in [6.07, 6.45) is 1.40. The molecular formula is C21H27NO4S. The summed E-state index contributed by atoms with van der Waals surface area (Å²) in [6.45, 7) is 8.10. The van der Waals surface area contributed by atoms with Crippen LogP contribution in [0, 0.1) is 13.8 Å². The topological polar surface area (TPSA) is 63.7 Å². The average Bonchev–Trinajstić information content (AvgIpc) is 2.57. The number of aryl methyl sites for hydroxylation is 2. The van der Waals surface area contributed by atoms with Crippen LogP contribution >= 0.6 is 0 Å². The Balaban J connectivity index is 2.09. The Morgan fingerprint density at radius 2 is 1.59 bits per heavy atom. The molecule has 2 aromatic carbocycles. The molecule has 146 valence electrons. The number of carbonyl (C=O) groups is 1. The Labute approximate surface area is 161 Å². The van der Waals surface area contributed by atoms with E-state index in [1.807, 2.05) is 45.9 Å². The molecule has 0 aromatic heterocycles. The number of rotatable bonds is 7. The van der Waals surface area contributed by atoms with Gasteiger partial charge in [-0.25, -0.2) is 8.42 Å². The molecule has 0 atom stereocenters. The highest BCUT2D eigenvalue weighted by Crippen LogP contribution is 2.24. The molecule has 0 radical (unpaired) electrons. The first-order valence-electron chi connectivity index (χ1n) is 8.92. The Hall–Kier alpha value is -2.34. The molecule has 1 amide bonds. The van der Waals surface area contributed by atoms with E-state index in [1.54, 1.807) is 17.0 Å². The summed E-state index contributed by atoms with van der Waals surface area (Å²) in [5, 5.41) is 0.